The molecule has 1 atom stereocenters. The van der Waals surface area contributed by atoms with E-state index in [9.17, 15) is 4.21 Å². The van der Waals surface area contributed by atoms with Gasteiger partial charge in [-0.25, -0.2) is 9.35 Å². The highest BCUT2D eigenvalue weighted by Crippen LogP contribution is 2.27. The molecule has 1 aromatic heterocycles. The fourth-order valence-electron chi connectivity index (χ4n) is 1.22. The molecule has 12 heavy (non-hydrogen) atoms. The van der Waals surface area contributed by atoms with Crippen LogP contribution in [0.5, 0.6) is 0 Å². The molecule has 3 nitrogen and oxygen atoms in total. The number of hydrogen-bond donors (Lipinski definition) is 1. The fraction of sp³-hybridized carbons (Fsp3) is 0.429. The maximum Gasteiger partial charge on any atom is 0.132 e. The van der Waals surface area contributed by atoms with E-state index in [4.69, 9.17) is 9.88 Å². The number of ether oxygens (including phenoxy) is 1. The van der Waals surface area contributed by atoms with Gasteiger partial charge in [0.25, 0.3) is 0 Å². The largest absolute Gasteiger partial charge is 0.376 e. The standard InChI is InChI=1S/C7H9NO2S2/c8-12(9)7-3-5-1-2-10-4-6(5)11-7/h3H,1-2,4,8H2. The van der Waals surface area contributed by atoms with Gasteiger partial charge in [-0.2, -0.15) is 0 Å². The van der Waals surface area contributed by atoms with E-state index in [1.165, 1.54) is 21.8 Å². The third-order valence-corrected chi connectivity index (χ3v) is 4.02. The van der Waals surface area contributed by atoms with Crippen LogP contribution >= 0.6 is 11.3 Å². The first-order valence-electron chi connectivity index (χ1n) is 3.63. The molecular formula is C7H9NO2S2. The van der Waals surface area contributed by atoms with Gasteiger partial charge >= 0.3 is 0 Å². The van der Waals surface area contributed by atoms with Gasteiger partial charge in [-0.15, -0.1) is 11.3 Å². The third-order valence-electron chi connectivity index (χ3n) is 1.82. The van der Waals surface area contributed by atoms with Crippen LogP contribution in [0.2, 0.25) is 0 Å². The van der Waals surface area contributed by atoms with Crippen molar-refractivity contribution in [2.75, 3.05) is 6.61 Å². The summed E-state index contributed by atoms with van der Waals surface area (Å²) in [4.78, 5) is 1.18. The molecule has 2 heterocycles. The minimum Gasteiger partial charge on any atom is -0.376 e. The van der Waals surface area contributed by atoms with Crippen LogP contribution < -0.4 is 5.14 Å². The zero-order valence-corrected chi connectivity index (χ0v) is 8.04. The number of nitrogens with two attached hydrogens (primary N) is 1. The first-order chi connectivity index (χ1) is 5.77. The molecule has 0 saturated carbocycles. The molecule has 1 aliphatic heterocycles. The lowest BCUT2D eigenvalue weighted by Gasteiger charge is -2.10. The van der Waals surface area contributed by atoms with Crippen LogP contribution in [-0.4, -0.2) is 10.8 Å². The summed E-state index contributed by atoms with van der Waals surface area (Å²) in [6, 6.07) is 1.93. The Labute approximate surface area is 77.1 Å². The Balaban J connectivity index is 2.38. The van der Waals surface area contributed by atoms with Crippen molar-refractivity contribution in [3.05, 3.63) is 16.5 Å². The maximum atomic E-state index is 10.9. The summed E-state index contributed by atoms with van der Waals surface area (Å²) in [6.07, 6.45) is 0.920. The molecule has 2 rings (SSSR count). The van der Waals surface area contributed by atoms with Gasteiger partial charge in [-0.05, 0) is 18.1 Å². The van der Waals surface area contributed by atoms with E-state index >= 15 is 0 Å². The molecule has 0 spiro atoms. The van der Waals surface area contributed by atoms with Crippen LogP contribution in [-0.2, 0) is 28.8 Å². The summed E-state index contributed by atoms with van der Waals surface area (Å²) >= 11 is 1.49. The van der Waals surface area contributed by atoms with Crippen LogP contribution in [0.4, 0.5) is 0 Å². The first-order valence-corrected chi connectivity index (χ1v) is 5.66. The average molecular weight is 203 g/mol. The number of fused-ring (bicyclic) bond motifs is 1. The van der Waals surface area contributed by atoms with Crippen molar-refractivity contribution >= 4 is 22.3 Å². The second-order valence-electron chi connectivity index (χ2n) is 2.61. The van der Waals surface area contributed by atoms with Crippen molar-refractivity contribution in [1.82, 2.24) is 0 Å². The lowest BCUT2D eigenvalue weighted by atomic mass is 10.2. The Hall–Kier alpha value is -0.230. The van der Waals surface area contributed by atoms with Gasteiger partial charge in [0.1, 0.15) is 15.2 Å². The second-order valence-corrected chi connectivity index (χ2v) is 5.04. The van der Waals surface area contributed by atoms with Gasteiger partial charge in [-0.3, -0.25) is 0 Å². The van der Waals surface area contributed by atoms with Crippen LogP contribution in [0.25, 0.3) is 0 Å². The van der Waals surface area contributed by atoms with E-state index in [1.807, 2.05) is 6.07 Å². The smallest absolute Gasteiger partial charge is 0.132 e. The number of hydrogen-bond acceptors (Lipinski definition) is 3. The summed E-state index contributed by atoms with van der Waals surface area (Å²) in [5.41, 5.74) is 1.25. The van der Waals surface area contributed by atoms with Crippen LogP contribution in [0.15, 0.2) is 10.3 Å². The summed E-state index contributed by atoms with van der Waals surface area (Å²) in [6.45, 7) is 1.41. The van der Waals surface area contributed by atoms with Crippen LogP contribution in [0, 0.1) is 0 Å². The van der Waals surface area contributed by atoms with Gasteiger partial charge in [0.05, 0.1) is 13.2 Å². The lowest BCUT2D eigenvalue weighted by Crippen LogP contribution is -2.05. The van der Waals surface area contributed by atoms with E-state index in [2.05, 4.69) is 0 Å². The molecule has 0 amide bonds. The minimum atomic E-state index is -1.33. The molecule has 66 valence electrons. The maximum absolute atomic E-state index is 10.9. The first kappa shape index (κ1) is 8.37. The fourth-order valence-corrected chi connectivity index (χ4v) is 2.99. The molecular weight excluding hydrogens is 194 g/mol. The van der Waals surface area contributed by atoms with Gasteiger partial charge in [0.15, 0.2) is 0 Å². The zero-order chi connectivity index (χ0) is 8.55. The van der Waals surface area contributed by atoms with Crippen molar-refractivity contribution < 1.29 is 8.95 Å². The molecule has 2 N–H and O–H groups in total. The molecule has 0 saturated heterocycles. The number of rotatable bonds is 1. The normalized spacial score (nSPS) is 18.8. The van der Waals surface area contributed by atoms with Gasteiger partial charge < -0.3 is 4.74 Å². The topological polar surface area (TPSA) is 52.3 Å². The van der Waals surface area contributed by atoms with Gasteiger partial charge in [0, 0.05) is 4.88 Å². The Kier molecular flexibility index (Phi) is 2.27. The SMILES string of the molecule is NS(=O)c1cc2c(s1)COCC2. The minimum absolute atomic E-state index is 0.650. The predicted molar refractivity (Wildman–Crippen MR) is 48.3 cm³/mol. The Bertz CT molecular complexity index is 298. The molecule has 1 unspecified atom stereocenters. The molecule has 1 aliphatic rings. The zero-order valence-electron chi connectivity index (χ0n) is 6.41. The van der Waals surface area contributed by atoms with Crippen molar-refractivity contribution in [2.45, 2.75) is 17.2 Å². The highest BCUT2D eigenvalue weighted by Gasteiger charge is 2.14. The van der Waals surface area contributed by atoms with E-state index in [1.54, 1.807) is 0 Å². The molecule has 1 aromatic rings. The van der Waals surface area contributed by atoms with Crippen molar-refractivity contribution in [3.63, 3.8) is 0 Å². The van der Waals surface area contributed by atoms with Crippen molar-refractivity contribution in [3.8, 4) is 0 Å². The Morgan fingerprint density at radius 1 is 1.67 bits per heavy atom. The van der Waals surface area contributed by atoms with Crippen LogP contribution in [0.3, 0.4) is 0 Å². The van der Waals surface area contributed by atoms with Crippen LogP contribution in [0.1, 0.15) is 10.4 Å². The Morgan fingerprint density at radius 3 is 3.17 bits per heavy atom. The molecule has 0 bridgehead atoms. The third kappa shape index (κ3) is 1.45. The summed E-state index contributed by atoms with van der Waals surface area (Å²) in [5.74, 6) is 0. The molecule has 0 fully saturated rings. The van der Waals surface area contributed by atoms with Crippen molar-refractivity contribution in [2.24, 2.45) is 5.14 Å². The summed E-state index contributed by atoms with van der Waals surface area (Å²) < 4.78 is 16.9. The molecule has 0 aliphatic carbocycles. The summed E-state index contributed by atoms with van der Waals surface area (Å²) in [7, 11) is -1.33. The number of thiophene rings is 1. The quantitative estimate of drug-likeness (QED) is 0.734. The van der Waals surface area contributed by atoms with E-state index in [-0.39, 0.29) is 0 Å². The average Bonchev–Trinajstić information content (AvgIpc) is 2.46. The molecule has 0 radical (unpaired) electrons. The lowest BCUT2D eigenvalue weighted by molar-refractivity contribution is 0.113. The second kappa shape index (κ2) is 3.26. The predicted octanol–water partition coefficient (Wildman–Crippen LogP) is 0.802. The van der Waals surface area contributed by atoms with Gasteiger partial charge in [-0.1, -0.05) is 0 Å². The van der Waals surface area contributed by atoms with E-state index in [0.717, 1.165) is 17.2 Å². The van der Waals surface area contributed by atoms with E-state index < -0.39 is 11.0 Å². The molecule has 0 aromatic carbocycles. The highest BCUT2D eigenvalue weighted by atomic mass is 32.2. The molecule has 5 heteroatoms. The monoisotopic (exact) mass is 203 g/mol. The summed E-state index contributed by atoms with van der Waals surface area (Å²) in [5, 5.41) is 5.27. The van der Waals surface area contributed by atoms with Gasteiger partial charge in [0.2, 0.25) is 0 Å². The van der Waals surface area contributed by atoms with Crippen molar-refractivity contribution in [1.29, 1.82) is 0 Å². The van der Waals surface area contributed by atoms with E-state index in [0.29, 0.717) is 6.61 Å². The highest BCUT2D eigenvalue weighted by molar-refractivity contribution is 7.85. The Morgan fingerprint density at radius 2 is 2.50 bits per heavy atom.